The highest BCUT2D eigenvalue weighted by molar-refractivity contribution is 7.91. The summed E-state index contributed by atoms with van der Waals surface area (Å²) in [6.45, 7) is 5.02. The zero-order chi connectivity index (χ0) is 14.8. The van der Waals surface area contributed by atoms with Gasteiger partial charge in [-0.05, 0) is 36.4 Å². The van der Waals surface area contributed by atoms with E-state index in [4.69, 9.17) is 11.6 Å². The van der Waals surface area contributed by atoms with Crippen molar-refractivity contribution in [1.82, 2.24) is 5.32 Å². The van der Waals surface area contributed by atoms with E-state index in [1.165, 1.54) is 0 Å². The van der Waals surface area contributed by atoms with E-state index in [1.54, 1.807) is 0 Å². The first kappa shape index (κ1) is 15.8. The summed E-state index contributed by atoms with van der Waals surface area (Å²) >= 11 is 6.27. The van der Waals surface area contributed by atoms with Crippen LogP contribution >= 0.6 is 11.6 Å². The Bertz CT molecular complexity index is 557. The molecule has 5 heteroatoms. The molecule has 1 aliphatic heterocycles. The molecule has 1 fully saturated rings. The summed E-state index contributed by atoms with van der Waals surface area (Å²) in [5.41, 5.74) is 1.09. The molecule has 1 heterocycles. The van der Waals surface area contributed by atoms with E-state index >= 15 is 0 Å². The van der Waals surface area contributed by atoms with Crippen molar-refractivity contribution in [2.75, 3.05) is 18.1 Å². The molecular weight excluding hydrogens is 294 g/mol. The maximum absolute atomic E-state index is 11.5. The summed E-state index contributed by atoms with van der Waals surface area (Å²) in [6, 6.07) is 8.00. The van der Waals surface area contributed by atoms with Gasteiger partial charge in [-0.15, -0.1) is 0 Å². The third-order valence-corrected chi connectivity index (χ3v) is 6.04. The van der Waals surface area contributed by atoms with Gasteiger partial charge in [0, 0.05) is 11.1 Å². The average Bonchev–Trinajstić information content (AvgIpc) is 2.71. The molecular formula is C15H22ClNO2S. The molecule has 2 atom stereocenters. The molecule has 0 radical (unpaired) electrons. The lowest BCUT2D eigenvalue weighted by Crippen LogP contribution is -2.31. The molecule has 0 bridgehead atoms. The molecule has 1 N–H and O–H groups in total. The molecule has 1 saturated heterocycles. The minimum Gasteiger partial charge on any atom is -0.309 e. The molecule has 2 rings (SSSR count). The van der Waals surface area contributed by atoms with Crippen LogP contribution in [0.25, 0.3) is 0 Å². The van der Waals surface area contributed by atoms with Crippen molar-refractivity contribution in [3.05, 3.63) is 34.9 Å². The number of rotatable bonds is 5. The van der Waals surface area contributed by atoms with Crippen LogP contribution in [-0.4, -0.2) is 26.5 Å². The highest BCUT2D eigenvalue weighted by Gasteiger charge is 2.28. The van der Waals surface area contributed by atoms with E-state index in [9.17, 15) is 8.42 Å². The Kier molecular flexibility index (Phi) is 5.10. The van der Waals surface area contributed by atoms with Gasteiger partial charge in [0.25, 0.3) is 0 Å². The van der Waals surface area contributed by atoms with Crippen LogP contribution in [0.1, 0.15) is 31.9 Å². The molecule has 0 spiro atoms. The van der Waals surface area contributed by atoms with Crippen molar-refractivity contribution in [3.63, 3.8) is 0 Å². The fourth-order valence-electron chi connectivity index (χ4n) is 2.76. The summed E-state index contributed by atoms with van der Waals surface area (Å²) in [5.74, 6) is 1.27. The Labute approximate surface area is 126 Å². The number of nitrogens with one attached hydrogen (secondary N) is 1. The minimum absolute atomic E-state index is 0.159. The molecule has 20 heavy (non-hydrogen) atoms. The zero-order valence-corrected chi connectivity index (χ0v) is 13.5. The first-order valence-electron chi connectivity index (χ1n) is 7.07. The quantitative estimate of drug-likeness (QED) is 0.908. The van der Waals surface area contributed by atoms with Gasteiger partial charge in [0.1, 0.15) is 0 Å². The van der Waals surface area contributed by atoms with Gasteiger partial charge in [-0.1, -0.05) is 43.6 Å². The van der Waals surface area contributed by atoms with Crippen molar-refractivity contribution in [1.29, 1.82) is 0 Å². The molecule has 0 aromatic heterocycles. The number of halogens is 1. The molecule has 0 aliphatic carbocycles. The van der Waals surface area contributed by atoms with E-state index in [0.29, 0.717) is 17.4 Å². The molecule has 0 unspecified atom stereocenters. The van der Waals surface area contributed by atoms with Crippen LogP contribution in [-0.2, 0) is 9.84 Å². The molecule has 0 saturated carbocycles. The van der Waals surface area contributed by atoms with Crippen molar-refractivity contribution in [3.8, 4) is 0 Å². The van der Waals surface area contributed by atoms with E-state index in [2.05, 4.69) is 19.2 Å². The maximum atomic E-state index is 11.5. The Morgan fingerprint density at radius 3 is 2.60 bits per heavy atom. The molecule has 0 amide bonds. The highest BCUT2D eigenvalue weighted by atomic mass is 35.5. The fourth-order valence-corrected chi connectivity index (χ4v) is 4.87. The van der Waals surface area contributed by atoms with Crippen LogP contribution in [0.4, 0.5) is 0 Å². The number of benzene rings is 1. The third-order valence-electron chi connectivity index (χ3n) is 3.86. The average molecular weight is 316 g/mol. The van der Waals surface area contributed by atoms with Crippen LogP contribution in [0, 0.1) is 11.8 Å². The smallest absolute Gasteiger partial charge is 0.150 e. The van der Waals surface area contributed by atoms with Gasteiger partial charge in [0.05, 0.1) is 11.5 Å². The Hall–Kier alpha value is -0.580. The number of hydrogen-bond acceptors (Lipinski definition) is 3. The van der Waals surface area contributed by atoms with Gasteiger partial charge in [0.2, 0.25) is 0 Å². The number of sulfone groups is 1. The summed E-state index contributed by atoms with van der Waals surface area (Å²) in [4.78, 5) is 0. The predicted molar refractivity (Wildman–Crippen MR) is 83.8 cm³/mol. The van der Waals surface area contributed by atoms with Crippen LogP contribution in [0.15, 0.2) is 24.3 Å². The summed E-state index contributed by atoms with van der Waals surface area (Å²) in [7, 11) is -2.80. The predicted octanol–water partition coefficient (Wildman–Crippen LogP) is 3.06. The molecule has 1 aromatic rings. The number of hydrogen-bond donors (Lipinski definition) is 1. The monoisotopic (exact) mass is 315 g/mol. The highest BCUT2D eigenvalue weighted by Crippen LogP contribution is 2.29. The molecule has 1 aromatic carbocycles. The fraction of sp³-hybridized carbons (Fsp3) is 0.600. The molecule has 3 nitrogen and oxygen atoms in total. The first-order valence-corrected chi connectivity index (χ1v) is 9.27. The SMILES string of the molecule is CC(C)[C@@H](NC[C@H]1CCS(=O)(=O)C1)c1ccccc1Cl. The van der Waals surface area contributed by atoms with Gasteiger partial charge in [-0.25, -0.2) is 8.42 Å². The topological polar surface area (TPSA) is 46.2 Å². The van der Waals surface area contributed by atoms with Crippen LogP contribution in [0.2, 0.25) is 5.02 Å². The molecule has 112 valence electrons. The van der Waals surface area contributed by atoms with Gasteiger partial charge >= 0.3 is 0 Å². The Morgan fingerprint density at radius 1 is 1.35 bits per heavy atom. The Morgan fingerprint density at radius 2 is 2.05 bits per heavy atom. The van der Waals surface area contributed by atoms with Crippen molar-refractivity contribution < 1.29 is 8.42 Å². The first-order chi connectivity index (χ1) is 9.39. The summed E-state index contributed by atoms with van der Waals surface area (Å²) in [5, 5.41) is 4.27. The zero-order valence-electron chi connectivity index (χ0n) is 12.0. The second-order valence-corrected chi connectivity index (χ2v) is 8.56. The largest absolute Gasteiger partial charge is 0.309 e. The Balaban J connectivity index is 2.03. The third kappa shape index (κ3) is 3.96. The standard InChI is InChI=1S/C15H22ClNO2S/c1-11(2)15(13-5-3-4-6-14(13)16)17-9-12-7-8-20(18,19)10-12/h3-6,11-12,15,17H,7-10H2,1-2H3/t12-,15-/m1/s1. The van der Waals surface area contributed by atoms with Crippen molar-refractivity contribution in [2.45, 2.75) is 26.3 Å². The van der Waals surface area contributed by atoms with Crippen LogP contribution in [0.5, 0.6) is 0 Å². The second kappa shape index (κ2) is 6.46. The van der Waals surface area contributed by atoms with Gasteiger partial charge < -0.3 is 5.32 Å². The van der Waals surface area contributed by atoms with E-state index in [0.717, 1.165) is 23.6 Å². The lowest BCUT2D eigenvalue weighted by molar-refractivity contribution is 0.381. The minimum atomic E-state index is -2.80. The summed E-state index contributed by atoms with van der Waals surface area (Å²) in [6.07, 6.45) is 0.767. The van der Waals surface area contributed by atoms with E-state index in [1.807, 2.05) is 24.3 Å². The second-order valence-electron chi connectivity index (χ2n) is 5.92. The lowest BCUT2D eigenvalue weighted by Gasteiger charge is -2.25. The molecule has 1 aliphatic rings. The van der Waals surface area contributed by atoms with Gasteiger partial charge in [-0.3, -0.25) is 0 Å². The van der Waals surface area contributed by atoms with Crippen LogP contribution < -0.4 is 5.32 Å². The maximum Gasteiger partial charge on any atom is 0.150 e. The lowest BCUT2D eigenvalue weighted by atomic mass is 9.95. The normalized spacial score (nSPS) is 23.1. The van der Waals surface area contributed by atoms with Crippen LogP contribution in [0.3, 0.4) is 0 Å². The van der Waals surface area contributed by atoms with Gasteiger partial charge in [-0.2, -0.15) is 0 Å². The van der Waals surface area contributed by atoms with Crippen molar-refractivity contribution in [2.24, 2.45) is 11.8 Å². The van der Waals surface area contributed by atoms with Gasteiger partial charge in [0.15, 0.2) is 9.84 Å². The van der Waals surface area contributed by atoms with E-state index < -0.39 is 9.84 Å². The van der Waals surface area contributed by atoms with E-state index in [-0.39, 0.29) is 12.0 Å². The van der Waals surface area contributed by atoms with Crippen molar-refractivity contribution >= 4 is 21.4 Å². The summed E-state index contributed by atoms with van der Waals surface area (Å²) < 4.78 is 23.0.